The van der Waals surface area contributed by atoms with Crippen molar-refractivity contribution >= 4 is 75.8 Å². The fourth-order valence-electron chi connectivity index (χ4n) is 3.07. The van der Waals surface area contributed by atoms with Gasteiger partial charge in [-0.15, -0.1) is 0 Å². The van der Waals surface area contributed by atoms with Crippen molar-refractivity contribution < 1.29 is 19.5 Å². The monoisotopic (exact) mass is 546 g/mol. The van der Waals surface area contributed by atoms with E-state index in [-0.39, 0.29) is 18.5 Å². The Bertz CT molecular complexity index is 1080. The van der Waals surface area contributed by atoms with Crippen molar-refractivity contribution in [3.63, 3.8) is 0 Å². The van der Waals surface area contributed by atoms with Crippen LogP contribution in [-0.4, -0.2) is 65.2 Å². The summed E-state index contributed by atoms with van der Waals surface area (Å²) in [7, 11) is 0. The topological polar surface area (TPSA) is 102 Å². The van der Waals surface area contributed by atoms with Crippen LogP contribution in [0.3, 0.4) is 0 Å². The molecule has 1 fully saturated rings. The summed E-state index contributed by atoms with van der Waals surface area (Å²) in [5.74, 6) is -0.117. The quantitative estimate of drug-likeness (QED) is 0.386. The van der Waals surface area contributed by atoms with E-state index in [1.165, 1.54) is 17.0 Å². The first-order valence-corrected chi connectivity index (χ1v) is 11.6. The van der Waals surface area contributed by atoms with E-state index < -0.39 is 6.04 Å². The highest BCUT2D eigenvalue weighted by molar-refractivity contribution is 6.42. The molecule has 0 bridgehead atoms. The SMILES string of the molecule is C[C@H]1C(=O)N(CCCO)CCN1C(=O)Nc1ccc(Cl)c(Cl)c1.O=C=Nc1ccc(Cl)c(Cl)c1. The lowest BCUT2D eigenvalue weighted by molar-refractivity contribution is -0.139. The second-order valence-corrected chi connectivity index (χ2v) is 8.76. The van der Waals surface area contributed by atoms with Crippen LogP contribution in [0.1, 0.15) is 13.3 Å². The molecule has 2 aromatic rings. The lowest BCUT2D eigenvalue weighted by Crippen LogP contribution is -2.58. The van der Waals surface area contributed by atoms with Crippen molar-refractivity contribution in [3.8, 4) is 0 Å². The summed E-state index contributed by atoms with van der Waals surface area (Å²) in [5.41, 5.74) is 0.973. The van der Waals surface area contributed by atoms with Gasteiger partial charge in [0.2, 0.25) is 12.0 Å². The van der Waals surface area contributed by atoms with Crippen LogP contribution in [0.2, 0.25) is 20.1 Å². The third-order valence-corrected chi connectivity index (χ3v) is 6.32. The number of aliphatic hydroxyl groups is 1. The third-order valence-electron chi connectivity index (χ3n) is 4.84. The number of isocyanates is 1. The van der Waals surface area contributed by atoms with Crippen LogP contribution in [0.5, 0.6) is 0 Å². The van der Waals surface area contributed by atoms with E-state index in [1.54, 1.807) is 42.2 Å². The Balaban J connectivity index is 0.000000310. The number of benzene rings is 2. The average Bonchev–Trinajstić information content (AvgIpc) is 2.80. The maximum Gasteiger partial charge on any atom is 0.322 e. The van der Waals surface area contributed by atoms with Crippen molar-refractivity contribution in [2.24, 2.45) is 4.99 Å². The van der Waals surface area contributed by atoms with Crippen LogP contribution >= 0.6 is 46.4 Å². The van der Waals surface area contributed by atoms with Crippen molar-refractivity contribution in [1.82, 2.24) is 9.80 Å². The molecule has 2 N–H and O–H groups in total. The number of hydrogen-bond acceptors (Lipinski definition) is 5. The van der Waals surface area contributed by atoms with Crippen LogP contribution < -0.4 is 5.32 Å². The maximum atomic E-state index is 12.4. The number of carbonyl (C=O) groups excluding carboxylic acids is 3. The molecule has 0 spiro atoms. The van der Waals surface area contributed by atoms with E-state index in [0.717, 1.165) is 0 Å². The van der Waals surface area contributed by atoms with Crippen molar-refractivity contribution in [3.05, 3.63) is 56.5 Å². The fourth-order valence-corrected chi connectivity index (χ4v) is 3.66. The van der Waals surface area contributed by atoms with Gasteiger partial charge in [-0.1, -0.05) is 46.4 Å². The number of aliphatic imine (C=N–C) groups is 1. The van der Waals surface area contributed by atoms with E-state index in [9.17, 15) is 14.4 Å². The summed E-state index contributed by atoms with van der Waals surface area (Å²) in [4.78, 5) is 41.0. The zero-order valence-corrected chi connectivity index (χ0v) is 21.1. The van der Waals surface area contributed by atoms with E-state index in [2.05, 4.69) is 10.3 Å². The molecule has 3 amide bonds. The summed E-state index contributed by atoms with van der Waals surface area (Å²) in [6.45, 7) is 3.13. The lowest BCUT2D eigenvalue weighted by atomic mass is 10.1. The molecule has 0 aromatic heterocycles. The zero-order valence-electron chi connectivity index (χ0n) is 18.1. The Morgan fingerprint density at radius 3 is 2.32 bits per heavy atom. The molecule has 8 nitrogen and oxygen atoms in total. The number of urea groups is 1. The second kappa shape index (κ2) is 13.5. The zero-order chi connectivity index (χ0) is 25.3. The summed E-state index contributed by atoms with van der Waals surface area (Å²) in [5, 5.41) is 13.2. The molecule has 1 aliphatic rings. The van der Waals surface area contributed by atoms with Gasteiger partial charge in [-0.3, -0.25) is 4.79 Å². The number of anilines is 1. The van der Waals surface area contributed by atoms with E-state index in [1.807, 2.05) is 0 Å². The van der Waals surface area contributed by atoms with Crippen LogP contribution in [0.4, 0.5) is 16.2 Å². The lowest BCUT2D eigenvalue weighted by Gasteiger charge is -2.39. The van der Waals surface area contributed by atoms with E-state index >= 15 is 0 Å². The minimum atomic E-state index is -0.551. The Hall–Kier alpha value is -2.32. The highest BCUT2D eigenvalue weighted by Crippen LogP contribution is 2.26. The number of hydrogen-bond donors (Lipinski definition) is 2. The molecule has 3 rings (SSSR count). The van der Waals surface area contributed by atoms with Gasteiger partial charge in [0.1, 0.15) is 6.04 Å². The van der Waals surface area contributed by atoms with Crippen LogP contribution in [0.25, 0.3) is 0 Å². The number of rotatable bonds is 5. The molecule has 34 heavy (non-hydrogen) atoms. The Kier molecular flexibility index (Phi) is 11.1. The van der Waals surface area contributed by atoms with Crippen molar-refractivity contribution in [1.29, 1.82) is 0 Å². The van der Waals surface area contributed by atoms with Gasteiger partial charge in [0, 0.05) is 31.9 Å². The molecule has 0 saturated carbocycles. The summed E-state index contributed by atoms with van der Waals surface area (Å²) in [6.07, 6.45) is 1.94. The first-order valence-electron chi connectivity index (χ1n) is 10.1. The maximum absolute atomic E-state index is 12.4. The molecule has 2 aromatic carbocycles. The fraction of sp³-hybridized carbons (Fsp3) is 0.318. The Morgan fingerprint density at radius 2 is 1.74 bits per heavy atom. The van der Waals surface area contributed by atoms with Crippen molar-refractivity contribution in [2.75, 3.05) is 31.6 Å². The molecule has 1 aliphatic heterocycles. The normalized spacial score (nSPS) is 15.2. The molecule has 1 heterocycles. The van der Waals surface area contributed by atoms with E-state index in [0.29, 0.717) is 57.5 Å². The third kappa shape index (κ3) is 7.87. The molecular formula is C22H22Cl4N4O4. The van der Waals surface area contributed by atoms with Crippen LogP contribution in [0.15, 0.2) is 41.4 Å². The number of nitrogens with zero attached hydrogens (tertiary/aromatic N) is 3. The van der Waals surface area contributed by atoms with Gasteiger partial charge in [0.05, 0.1) is 25.8 Å². The number of halogens is 4. The number of amides is 3. The molecule has 0 aliphatic carbocycles. The second-order valence-electron chi connectivity index (χ2n) is 7.13. The predicted molar refractivity (Wildman–Crippen MR) is 134 cm³/mol. The summed E-state index contributed by atoms with van der Waals surface area (Å²) in [6, 6.07) is 8.55. The van der Waals surface area contributed by atoms with Gasteiger partial charge in [0.15, 0.2) is 0 Å². The highest BCUT2D eigenvalue weighted by Gasteiger charge is 2.34. The molecule has 1 saturated heterocycles. The Labute approximate surface area is 217 Å². The van der Waals surface area contributed by atoms with Gasteiger partial charge in [0.25, 0.3) is 0 Å². The van der Waals surface area contributed by atoms with Gasteiger partial charge in [-0.25, -0.2) is 9.59 Å². The molecule has 1 atom stereocenters. The highest BCUT2D eigenvalue weighted by atomic mass is 35.5. The van der Waals surface area contributed by atoms with Gasteiger partial charge in [-0.2, -0.15) is 4.99 Å². The first kappa shape index (κ1) is 27.9. The number of aliphatic hydroxyl groups excluding tert-OH is 1. The number of carbonyl (C=O) groups is 2. The van der Waals surface area contributed by atoms with Gasteiger partial charge in [-0.05, 0) is 49.7 Å². The molecule has 182 valence electrons. The number of piperazine rings is 1. The summed E-state index contributed by atoms with van der Waals surface area (Å²) < 4.78 is 0. The number of nitrogens with one attached hydrogen (secondary N) is 1. The van der Waals surface area contributed by atoms with Crippen molar-refractivity contribution in [2.45, 2.75) is 19.4 Å². The molecule has 12 heteroatoms. The molecule has 0 unspecified atom stereocenters. The first-order chi connectivity index (χ1) is 16.2. The molecule has 0 radical (unpaired) electrons. The predicted octanol–water partition coefficient (Wildman–Crippen LogP) is 5.40. The Morgan fingerprint density at radius 1 is 1.09 bits per heavy atom. The minimum absolute atomic E-state index is 0.0414. The van der Waals surface area contributed by atoms with E-state index in [4.69, 9.17) is 51.5 Å². The molecular weight excluding hydrogens is 526 g/mol. The smallest absolute Gasteiger partial charge is 0.322 e. The average molecular weight is 548 g/mol. The van der Waals surface area contributed by atoms with Crippen LogP contribution in [0, 0.1) is 0 Å². The largest absolute Gasteiger partial charge is 0.396 e. The summed E-state index contributed by atoms with van der Waals surface area (Å²) >= 11 is 23.0. The minimum Gasteiger partial charge on any atom is -0.396 e. The van der Waals surface area contributed by atoms with Gasteiger partial charge >= 0.3 is 6.03 Å². The van der Waals surface area contributed by atoms with Gasteiger partial charge < -0.3 is 20.2 Å². The van der Waals surface area contributed by atoms with Crippen LogP contribution in [-0.2, 0) is 9.59 Å². The standard InChI is InChI=1S/C15H19Cl2N3O3.C7H3Cl2NO/c1-10-14(22)19(5-2-8-21)6-7-20(10)15(23)18-11-3-4-12(16)13(17)9-11;8-6-2-1-5(10-4-11)3-7(6)9/h3-4,9-10,21H,2,5-8H2,1H3,(H,18,23);1-3H/t10-;/m0./s1.